The molecule has 27 heavy (non-hydrogen) atoms. The van der Waals surface area contributed by atoms with Crippen molar-refractivity contribution in [1.82, 2.24) is 0 Å². The molecule has 5 aliphatic carbocycles. The van der Waals surface area contributed by atoms with Crippen molar-refractivity contribution in [3.63, 3.8) is 0 Å². The van der Waals surface area contributed by atoms with Crippen LogP contribution in [0.1, 0.15) is 62.5 Å². The number of aryl methyl sites for hydroxylation is 1. The lowest BCUT2D eigenvalue weighted by Crippen LogP contribution is -2.50. The summed E-state index contributed by atoms with van der Waals surface area (Å²) >= 11 is 0. The Morgan fingerprint density at radius 1 is 1.00 bits per heavy atom. The van der Waals surface area contributed by atoms with Crippen molar-refractivity contribution in [2.45, 2.75) is 57.8 Å². The number of ketones is 1. The molecular weight excluding hydrogens is 332 g/mol. The Hall–Kier alpha value is -2.13. The quantitative estimate of drug-likeness (QED) is 0.778. The molecule has 0 spiro atoms. The van der Waals surface area contributed by atoms with Crippen LogP contribution >= 0.6 is 0 Å². The molecule has 0 saturated heterocycles. The van der Waals surface area contributed by atoms with Gasteiger partial charge in [-0.1, -0.05) is 31.2 Å². The van der Waals surface area contributed by atoms with Crippen LogP contribution in [-0.4, -0.2) is 5.78 Å². The van der Waals surface area contributed by atoms with Gasteiger partial charge < -0.3 is 0 Å². The van der Waals surface area contributed by atoms with E-state index in [2.05, 4.69) is 31.2 Å². The zero-order chi connectivity index (χ0) is 18.8. The van der Waals surface area contributed by atoms with E-state index in [1.165, 1.54) is 24.8 Å². The van der Waals surface area contributed by atoms with Crippen molar-refractivity contribution >= 4 is 5.78 Å². The van der Waals surface area contributed by atoms with Gasteiger partial charge in [0.2, 0.25) is 0 Å². The first-order valence-electron chi connectivity index (χ1n) is 10.5. The maximum atomic E-state index is 13.8. The van der Waals surface area contributed by atoms with Crippen molar-refractivity contribution in [3.05, 3.63) is 35.4 Å². The third kappa shape index (κ3) is 2.27. The molecule has 5 saturated carbocycles. The van der Waals surface area contributed by atoms with Crippen molar-refractivity contribution in [2.24, 2.45) is 34.5 Å². The van der Waals surface area contributed by atoms with Gasteiger partial charge in [0.25, 0.3) is 0 Å². The SMILES string of the molecule is CCc1ccc([C@@H]2[C@@H](C(=O)C34CC5CC(CC(C5)C3)C4)C2(C#N)C#N)cc1. The Labute approximate surface area is 161 Å². The molecule has 2 atom stereocenters. The second-order valence-electron chi connectivity index (χ2n) is 9.71. The number of carbonyl (C=O) groups is 1. The Morgan fingerprint density at radius 2 is 1.52 bits per heavy atom. The van der Waals surface area contributed by atoms with Gasteiger partial charge in [-0.2, -0.15) is 10.5 Å². The number of hydrogen-bond donors (Lipinski definition) is 0. The fourth-order valence-corrected chi connectivity index (χ4v) is 7.21. The Morgan fingerprint density at radius 3 is 1.96 bits per heavy atom. The maximum Gasteiger partial charge on any atom is 0.161 e. The summed E-state index contributed by atoms with van der Waals surface area (Å²) in [5.74, 6) is 1.64. The molecule has 1 aromatic rings. The van der Waals surface area contributed by atoms with E-state index in [0.717, 1.165) is 31.2 Å². The van der Waals surface area contributed by atoms with Gasteiger partial charge in [-0.3, -0.25) is 4.79 Å². The average molecular weight is 358 g/mol. The fraction of sp³-hybridized carbons (Fsp3) is 0.625. The molecule has 0 radical (unpaired) electrons. The minimum atomic E-state index is -1.16. The van der Waals surface area contributed by atoms with Crippen molar-refractivity contribution in [2.75, 3.05) is 0 Å². The first-order chi connectivity index (χ1) is 13.0. The van der Waals surface area contributed by atoms with Crippen LogP contribution < -0.4 is 0 Å². The van der Waals surface area contributed by atoms with Gasteiger partial charge in [-0.25, -0.2) is 0 Å². The van der Waals surface area contributed by atoms with Crippen LogP contribution in [0.3, 0.4) is 0 Å². The summed E-state index contributed by atoms with van der Waals surface area (Å²) in [7, 11) is 0. The highest BCUT2D eigenvalue weighted by Gasteiger charge is 2.73. The molecule has 1 aromatic carbocycles. The van der Waals surface area contributed by atoms with Crippen LogP contribution in [-0.2, 0) is 11.2 Å². The molecule has 0 heterocycles. The lowest BCUT2D eigenvalue weighted by molar-refractivity contribution is -0.145. The molecule has 0 unspecified atom stereocenters. The first-order valence-corrected chi connectivity index (χ1v) is 10.5. The van der Waals surface area contributed by atoms with Crippen LogP contribution in [0.2, 0.25) is 0 Å². The Kier molecular flexibility index (Phi) is 3.58. The van der Waals surface area contributed by atoms with E-state index in [-0.39, 0.29) is 17.1 Å². The number of benzene rings is 1. The topological polar surface area (TPSA) is 64.7 Å². The molecule has 4 bridgehead atoms. The average Bonchev–Trinajstić information content (AvgIpc) is 3.35. The molecule has 5 aliphatic rings. The molecule has 5 fully saturated rings. The van der Waals surface area contributed by atoms with E-state index in [0.29, 0.717) is 17.8 Å². The number of carbonyl (C=O) groups excluding carboxylic acids is 1. The molecular formula is C24H26N2O. The molecule has 6 rings (SSSR count). The van der Waals surface area contributed by atoms with Crippen LogP contribution in [0, 0.1) is 57.2 Å². The van der Waals surface area contributed by atoms with Gasteiger partial charge in [0, 0.05) is 11.3 Å². The second-order valence-corrected chi connectivity index (χ2v) is 9.71. The summed E-state index contributed by atoms with van der Waals surface area (Å²) in [5, 5.41) is 19.7. The molecule has 3 nitrogen and oxygen atoms in total. The summed E-state index contributed by atoms with van der Waals surface area (Å²) in [6.07, 6.45) is 7.85. The number of rotatable bonds is 4. The van der Waals surface area contributed by atoms with E-state index in [1.54, 1.807) is 0 Å². The fourth-order valence-electron chi connectivity index (χ4n) is 7.21. The molecule has 0 N–H and O–H groups in total. The van der Waals surface area contributed by atoms with E-state index in [9.17, 15) is 15.3 Å². The van der Waals surface area contributed by atoms with E-state index in [1.807, 2.05) is 12.1 Å². The highest BCUT2D eigenvalue weighted by Crippen LogP contribution is 2.70. The molecule has 0 aromatic heterocycles. The largest absolute Gasteiger partial charge is 0.299 e. The first kappa shape index (κ1) is 17.0. The van der Waals surface area contributed by atoms with Crippen LogP contribution in [0.25, 0.3) is 0 Å². The molecule has 0 aliphatic heterocycles. The number of Topliss-reactive ketones (excluding diaryl/α,β-unsaturated/α-hetero) is 1. The maximum absolute atomic E-state index is 13.8. The standard InChI is InChI=1S/C24H26N2O/c1-2-15-3-5-19(6-4-15)20-21(24(20,13-25)14-26)22(27)23-10-16-7-17(11-23)9-18(8-16)12-23/h3-6,16-18,20-21H,2,7-12H2,1H3/t16?,17?,18?,20-,21+,23?/m1/s1. The van der Waals surface area contributed by atoms with Gasteiger partial charge >= 0.3 is 0 Å². The predicted molar refractivity (Wildman–Crippen MR) is 101 cm³/mol. The minimum absolute atomic E-state index is 0.240. The second kappa shape index (κ2) is 5.68. The van der Waals surface area contributed by atoms with Crippen LogP contribution in [0.4, 0.5) is 0 Å². The number of nitrogens with zero attached hydrogens (tertiary/aromatic N) is 2. The minimum Gasteiger partial charge on any atom is -0.299 e. The van der Waals surface area contributed by atoms with Gasteiger partial charge in [0.1, 0.15) is 5.78 Å². The summed E-state index contributed by atoms with van der Waals surface area (Å²) in [5.41, 5.74) is 0.825. The number of hydrogen-bond acceptors (Lipinski definition) is 3. The van der Waals surface area contributed by atoms with E-state index in [4.69, 9.17) is 0 Å². The number of nitriles is 2. The molecule has 0 amide bonds. The van der Waals surface area contributed by atoms with Crippen LogP contribution in [0.15, 0.2) is 24.3 Å². The Bertz CT molecular complexity index is 820. The zero-order valence-electron chi connectivity index (χ0n) is 15.9. The monoisotopic (exact) mass is 358 g/mol. The molecule has 3 heteroatoms. The van der Waals surface area contributed by atoms with Gasteiger partial charge in [-0.05, 0) is 73.8 Å². The highest BCUT2D eigenvalue weighted by molar-refractivity contribution is 5.94. The lowest BCUT2D eigenvalue weighted by atomic mass is 9.48. The van der Waals surface area contributed by atoms with Crippen LogP contribution in [0.5, 0.6) is 0 Å². The zero-order valence-corrected chi connectivity index (χ0v) is 15.9. The lowest BCUT2D eigenvalue weighted by Gasteiger charge is -2.56. The Balaban J connectivity index is 1.49. The summed E-state index contributed by atoms with van der Waals surface area (Å²) < 4.78 is 0. The van der Waals surface area contributed by atoms with Crippen molar-refractivity contribution in [3.8, 4) is 12.1 Å². The predicted octanol–water partition coefficient (Wildman–Crippen LogP) is 4.78. The summed E-state index contributed by atoms with van der Waals surface area (Å²) in [4.78, 5) is 13.8. The van der Waals surface area contributed by atoms with E-state index < -0.39 is 11.3 Å². The third-order valence-corrected chi connectivity index (χ3v) is 8.17. The highest BCUT2D eigenvalue weighted by atomic mass is 16.1. The van der Waals surface area contributed by atoms with Gasteiger partial charge in [0.15, 0.2) is 5.41 Å². The molecule has 138 valence electrons. The third-order valence-electron chi connectivity index (χ3n) is 8.17. The normalized spacial score (nSPS) is 40.2. The van der Waals surface area contributed by atoms with Crippen molar-refractivity contribution < 1.29 is 4.79 Å². The summed E-state index contributed by atoms with van der Waals surface area (Å²) in [6, 6.07) is 12.7. The van der Waals surface area contributed by atoms with Crippen molar-refractivity contribution in [1.29, 1.82) is 10.5 Å². The van der Waals surface area contributed by atoms with Gasteiger partial charge in [-0.15, -0.1) is 0 Å². The summed E-state index contributed by atoms with van der Waals surface area (Å²) in [6.45, 7) is 2.11. The smallest absolute Gasteiger partial charge is 0.161 e. The van der Waals surface area contributed by atoms with E-state index >= 15 is 0 Å². The van der Waals surface area contributed by atoms with Gasteiger partial charge in [0.05, 0.1) is 18.1 Å².